The van der Waals surface area contributed by atoms with E-state index in [2.05, 4.69) is 50.3 Å². The molecule has 13 heavy (non-hydrogen) atoms. The van der Waals surface area contributed by atoms with Gasteiger partial charge in [0.1, 0.15) is 0 Å². The second-order valence-electron chi connectivity index (χ2n) is 5.04. The molecule has 1 unspecified atom stereocenters. The topological polar surface area (TPSA) is 0 Å². The third kappa shape index (κ3) is 7.77. The molecule has 0 heterocycles. The summed E-state index contributed by atoms with van der Waals surface area (Å²) in [5.74, 6) is 0. The Morgan fingerprint density at radius 1 is 1.00 bits per heavy atom. The molecule has 1 atom stereocenters. The van der Waals surface area contributed by atoms with E-state index in [4.69, 9.17) is 0 Å². The summed E-state index contributed by atoms with van der Waals surface area (Å²) in [6.07, 6.45) is 8.46. The monoisotopic (exact) mass is 296 g/mol. The molecule has 0 N–H and O–H groups in total. The first-order valence-corrected chi connectivity index (χ1v) is 6.87. The van der Waals surface area contributed by atoms with Crippen LogP contribution in [0.25, 0.3) is 0 Å². The first-order chi connectivity index (χ1) is 5.98. The van der Waals surface area contributed by atoms with Crippen molar-refractivity contribution in [1.29, 1.82) is 0 Å². The number of rotatable bonds is 6. The predicted molar refractivity (Wildman–Crippen MR) is 70.6 cm³/mol. The second kappa shape index (κ2) is 7.08. The standard InChI is InChI=1S/C12H25I/c1-5-6-7-8-9-10-11(13)12(2,3)4/h11H,5-10H2,1-4H3. The van der Waals surface area contributed by atoms with Gasteiger partial charge in [-0.1, -0.05) is 82.4 Å². The lowest BCUT2D eigenvalue weighted by atomic mass is 9.89. The third-order valence-electron chi connectivity index (χ3n) is 2.50. The molecule has 0 amide bonds. The van der Waals surface area contributed by atoms with Gasteiger partial charge in [0.2, 0.25) is 0 Å². The van der Waals surface area contributed by atoms with Crippen molar-refractivity contribution >= 4 is 22.6 Å². The molecule has 0 saturated heterocycles. The zero-order chi connectivity index (χ0) is 10.3. The van der Waals surface area contributed by atoms with Crippen LogP contribution >= 0.6 is 22.6 Å². The molecule has 0 nitrogen and oxygen atoms in total. The van der Waals surface area contributed by atoms with Gasteiger partial charge in [-0.15, -0.1) is 0 Å². The van der Waals surface area contributed by atoms with E-state index < -0.39 is 0 Å². The molecule has 0 aliphatic carbocycles. The van der Waals surface area contributed by atoms with Gasteiger partial charge in [0.15, 0.2) is 0 Å². The second-order valence-corrected chi connectivity index (χ2v) is 6.54. The Kier molecular flexibility index (Phi) is 7.48. The lowest BCUT2D eigenvalue weighted by molar-refractivity contribution is 0.383. The van der Waals surface area contributed by atoms with E-state index in [9.17, 15) is 0 Å². The van der Waals surface area contributed by atoms with Gasteiger partial charge in [-0.3, -0.25) is 0 Å². The number of alkyl halides is 1. The molecular weight excluding hydrogens is 271 g/mol. The van der Waals surface area contributed by atoms with Crippen LogP contribution in [-0.4, -0.2) is 3.92 Å². The summed E-state index contributed by atoms with van der Waals surface area (Å²) in [6.45, 7) is 9.30. The summed E-state index contributed by atoms with van der Waals surface area (Å²) >= 11 is 2.61. The summed E-state index contributed by atoms with van der Waals surface area (Å²) < 4.78 is 0.840. The average Bonchev–Trinajstić information content (AvgIpc) is 2.02. The van der Waals surface area contributed by atoms with E-state index in [1.54, 1.807) is 0 Å². The van der Waals surface area contributed by atoms with E-state index in [1.807, 2.05) is 0 Å². The smallest absolute Gasteiger partial charge is 0.0158 e. The minimum absolute atomic E-state index is 0.491. The van der Waals surface area contributed by atoms with Gasteiger partial charge in [0, 0.05) is 3.92 Å². The van der Waals surface area contributed by atoms with E-state index in [0.717, 1.165) is 3.92 Å². The Morgan fingerprint density at radius 3 is 2.00 bits per heavy atom. The molecule has 0 spiro atoms. The van der Waals surface area contributed by atoms with Crippen LogP contribution in [0.3, 0.4) is 0 Å². The first-order valence-electron chi connectivity index (χ1n) is 5.62. The van der Waals surface area contributed by atoms with Crippen molar-refractivity contribution in [3.63, 3.8) is 0 Å². The van der Waals surface area contributed by atoms with Crippen LogP contribution in [0.2, 0.25) is 0 Å². The van der Waals surface area contributed by atoms with E-state index in [0.29, 0.717) is 5.41 Å². The fourth-order valence-electron chi connectivity index (χ4n) is 1.36. The summed E-state index contributed by atoms with van der Waals surface area (Å²) in [5, 5.41) is 0. The molecule has 0 bridgehead atoms. The molecule has 1 heteroatoms. The highest BCUT2D eigenvalue weighted by Crippen LogP contribution is 2.30. The van der Waals surface area contributed by atoms with Gasteiger partial charge in [-0.05, 0) is 11.8 Å². The van der Waals surface area contributed by atoms with E-state index in [-0.39, 0.29) is 0 Å². The van der Waals surface area contributed by atoms with Crippen molar-refractivity contribution in [2.24, 2.45) is 5.41 Å². The van der Waals surface area contributed by atoms with Crippen LogP contribution < -0.4 is 0 Å². The summed E-state index contributed by atoms with van der Waals surface area (Å²) in [4.78, 5) is 0. The summed E-state index contributed by atoms with van der Waals surface area (Å²) in [7, 11) is 0. The Labute approximate surface area is 98.0 Å². The van der Waals surface area contributed by atoms with Crippen molar-refractivity contribution in [1.82, 2.24) is 0 Å². The molecule has 0 radical (unpaired) electrons. The third-order valence-corrected chi connectivity index (χ3v) is 4.99. The average molecular weight is 296 g/mol. The molecule has 0 aliphatic rings. The van der Waals surface area contributed by atoms with E-state index >= 15 is 0 Å². The van der Waals surface area contributed by atoms with Gasteiger partial charge in [0.25, 0.3) is 0 Å². The fourth-order valence-corrected chi connectivity index (χ4v) is 1.80. The van der Waals surface area contributed by atoms with Crippen LogP contribution in [-0.2, 0) is 0 Å². The zero-order valence-electron chi connectivity index (χ0n) is 9.70. The highest BCUT2D eigenvalue weighted by atomic mass is 127. The van der Waals surface area contributed by atoms with Crippen molar-refractivity contribution in [2.45, 2.75) is 70.1 Å². The van der Waals surface area contributed by atoms with Crippen molar-refractivity contribution in [3.05, 3.63) is 0 Å². The van der Waals surface area contributed by atoms with Crippen LogP contribution in [0.1, 0.15) is 66.2 Å². The maximum Gasteiger partial charge on any atom is 0.0158 e. The van der Waals surface area contributed by atoms with Crippen molar-refractivity contribution in [2.75, 3.05) is 0 Å². The molecule has 80 valence electrons. The normalized spacial score (nSPS) is 14.5. The minimum Gasteiger partial charge on any atom is -0.0820 e. The lowest BCUT2D eigenvalue weighted by Gasteiger charge is -2.25. The zero-order valence-corrected chi connectivity index (χ0v) is 11.9. The van der Waals surface area contributed by atoms with Gasteiger partial charge >= 0.3 is 0 Å². The maximum atomic E-state index is 2.61. The van der Waals surface area contributed by atoms with Crippen LogP contribution in [0, 0.1) is 5.41 Å². The van der Waals surface area contributed by atoms with Gasteiger partial charge in [0.05, 0.1) is 0 Å². The molecular formula is C12H25I. The predicted octanol–water partition coefficient (Wildman–Crippen LogP) is 5.20. The summed E-state index contributed by atoms with van der Waals surface area (Å²) in [5.41, 5.74) is 0.491. The van der Waals surface area contributed by atoms with Gasteiger partial charge in [-0.2, -0.15) is 0 Å². The molecule has 0 aromatic rings. The van der Waals surface area contributed by atoms with Crippen LogP contribution in [0.15, 0.2) is 0 Å². The maximum absolute atomic E-state index is 2.61. The molecule has 0 aromatic heterocycles. The Hall–Kier alpha value is 0.730. The largest absolute Gasteiger partial charge is 0.0820 e. The Morgan fingerprint density at radius 2 is 1.54 bits per heavy atom. The Balaban J connectivity index is 3.32. The molecule has 0 aliphatic heterocycles. The van der Waals surface area contributed by atoms with Crippen LogP contribution in [0.4, 0.5) is 0 Å². The Bertz CT molecular complexity index is 113. The van der Waals surface area contributed by atoms with Crippen LogP contribution in [0.5, 0.6) is 0 Å². The fraction of sp³-hybridized carbons (Fsp3) is 1.00. The minimum atomic E-state index is 0.491. The lowest BCUT2D eigenvalue weighted by Crippen LogP contribution is -2.19. The van der Waals surface area contributed by atoms with Crippen molar-refractivity contribution in [3.8, 4) is 0 Å². The molecule has 0 fully saturated rings. The first kappa shape index (κ1) is 13.7. The van der Waals surface area contributed by atoms with E-state index in [1.165, 1.54) is 38.5 Å². The number of hydrogen-bond donors (Lipinski definition) is 0. The number of hydrogen-bond acceptors (Lipinski definition) is 0. The SMILES string of the molecule is CCCCCCCC(I)C(C)(C)C. The highest BCUT2D eigenvalue weighted by Gasteiger charge is 2.20. The number of unbranched alkanes of at least 4 members (excludes halogenated alkanes) is 4. The highest BCUT2D eigenvalue weighted by molar-refractivity contribution is 14.1. The number of halogens is 1. The quantitative estimate of drug-likeness (QED) is 0.359. The summed E-state index contributed by atoms with van der Waals surface area (Å²) in [6, 6.07) is 0. The van der Waals surface area contributed by atoms with Gasteiger partial charge in [-0.25, -0.2) is 0 Å². The van der Waals surface area contributed by atoms with Crippen molar-refractivity contribution < 1.29 is 0 Å². The van der Waals surface area contributed by atoms with Gasteiger partial charge < -0.3 is 0 Å². The molecule has 0 aromatic carbocycles. The molecule has 0 rings (SSSR count). The molecule has 0 saturated carbocycles.